The van der Waals surface area contributed by atoms with Gasteiger partial charge in [0.1, 0.15) is 0 Å². The van der Waals surface area contributed by atoms with Crippen molar-refractivity contribution in [2.75, 3.05) is 23.3 Å². The first-order valence-corrected chi connectivity index (χ1v) is 7.18. The Bertz CT molecular complexity index is 569. The maximum absolute atomic E-state index is 6.01. The zero-order valence-corrected chi connectivity index (χ0v) is 11.8. The summed E-state index contributed by atoms with van der Waals surface area (Å²) in [7, 11) is 0. The zero-order chi connectivity index (χ0) is 13.8. The molecule has 0 saturated carbocycles. The third kappa shape index (κ3) is 3.17. The molecule has 0 unspecified atom stereocenters. The Morgan fingerprint density at radius 3 is 2.45 bits per heavy atom. The quantitative estimate of drug-likeness (QED) is 0.940. The van der Waals surface area contributed by atoms with Gasteiger partial charge in [-0.2, -0.15) is 15.0 Å². The lowest BCUT2D eigenvalue weighted by atomic mass is 10.1. The van der Waals surface area contributed by atoms with Gasteiger partial charge in [-0.05, 0) is 43.0 Å². The lowest BCUT2D eigenvalue weighted by Crippen LogP contribution is -2.31. The fraction of sp³-hybridized carbons (Fsp3) is 0.357. The molecule has 1 aromatic heterocycles. The van der Waals surface area contributed by atoms with Crippen molar-refractivity contribution < 1.29 is 0 Å². The lowest BCUT2D eigenvalue weighted by Gasteiger charge is -2.26. The molecule has 2 heterocycles. The second-order valence-electron chi connectivity index (χ2n) is 4.77. The van der Waals surface area contributed by atoms with Crippen molar-refractivity contribution in [3.8, 4) is 0 Å². The topological polar surface area (TPSA) is 53.9 Å². The molecule has 0 bridgehead atoms. The number of para-hydroxylation sites is 1. The molecule has 20 heavy (non-hydrogen) atoms. The summed E-state index contributed by atoms with van der Waals surface area (Å²) in [6.07, 6.45) is 3.61. The van der Waals surface area contributed by atoms with E-state index in [4.69, 9.17) is 11.6 Å². The maximum Gasteiger partial charge on any atom is 0.233 e. The van der Waals surface area contributed by atoms with E-state index in [-0.39, 0.29) is 5.28 Å². The summed E-state index contributed by atoms with van der Waals surface area (Å²) in [5.41, 5.74) is 0.930. The highest BCUT2D eigenvalue weighted by Gasteiger charge is 2.15. The van der Waals surface area contributed by atoms with Gasteiger partial charge in [0.2, 0.25) is 17.2 Å². The first kappa shape index (κ1) is 13.1. The van der Waals surface area contributed by atoms with Crippen molar-refractivity contribution in [1.29, 1.82) is 0 Å². The lowest BCUT2D eigenvalue weighted by molar-refractivity contribution is 0.567. The number of nitrogens with one attached hydrogen (secondary N) is 1. The highest BCUT2D eigenvalue weighted by Crippen LogP contribution is 2.20. The molecule has 6 heteroatoms. The van der Waals surface area contributed by atoms with Crippen LogP contribution in [-0.2, 0) is 0 Å². The molecule has 3 rings (SSSR count). The van der Waals surface area contributed by atoms with E-state index in [0.29, 0.717) is 11.9 Å². The molecule has 1 fully saturated rings. The predicted molar refractivity (Wildman–Crippen MR) is 80.6 cm³/mol. The molecule has 0 radical (unpaired) electrons. The average Bonchev–Trinajstić information content (AvgIpc) is 2.49. The van der Waals surface area contributed by atoms with Gasteiger partial charge >= 0.3 is 0 Å². The highest BCUT2D eigenvalue weighted by molar-refractivity contribution is 6.28. The van der Waals surface area contributed by atoms with Crippen LogP contribution >= 0.6 is 11.6 Å². The van der Waals surface area contributed by atoms with E-state index in [1.807, 2.05) is 30.3 Å². The van der Waals surface area contributed by atoms with Gasteiger partial charge < -0.3 is 10.2 Å². The number of anilines is 3. The highest BCUT2D eigenvalue weighted by atomic mass is 35.5. The zero-order valence-electron chi connectivity index (χ0n) is 11.1. The standard InChI is InChI=1S/C14H16ClN5/c15-12-17-13(16-11-7-3-1-4-8-11)19-14(18-12)20-9-5-2-6-10-20/h1,3-4,7-8H,2,5-6,9-10H2,(H,16,17,18,19). The van der Waals surface area contributed by atoms with Gasteiger partial charge in [0, 0.05) is 18.8 Å². The van der Waals surface area contributed by atoms with E-state index in [0.717, 1.165) is 18.8 Å². The van der Waals surface area contributed by atoms with Crippen molar-refractivity contribution in [1.82, 2.24) is 15.0 Å². The van der Waals surface area contributed by atoms with Gasteiger partial charge in [0.25, 0.3) is 0 Å². The molecule has 0 amide bonds. The van der Waals surface area contributed by atoms with E-state index >= 15 is 0 Å². The molecule has 0 aliphatic carbocycles. The molecule has 2 aromatic rings. The van der Waals surface area contributed by atoms with Crippen LogP contribution in [0.25, 0.3) is 0 Å². The van der Waals surface area contributed by atoms with Gasteiger partial charge in [-0.1, -0.05) is 18.2 Å². The van der Waals surface area contributed by atoms with Crippen LogP contribution in [0.3, 0.4) is 0 Å². The van der Waals surface area contributed by atoms with Crippen molar-refractivity contribution >= 4 is 29.2 Å². The van der Waals surface area contributed by atoms with E-state index in [9.17, 15) is 0 Å². The van der Waals surface area contributed by atoms with Crippen molar-refractivity contribution in [2.45, 2.75) is 19.3 Å². The van der Waals surface area contributed by atoms with Crippen LogP contribution in [0.5, 0.6) is 0 Å². The summed E-state index contributed by atoms with van der Waals surface area (Å²) in [5.74, 6) is 1.14. The van der Waals surface area contributed by atoms with Crippen LogP contribution in [-0.4, -0.2) is 28.0 Å². The normalized spacial score (nSPS) is 15.2. The molecule has 1 aromatic carbocycles. The van der Waals surface area contributed by atoms with E-state index in [1.165, 1.54) is 19.3 Å². The van der Waals surface area contributed by atoms with Gasteiger partial charge in [-0.15, -0.1) is 0 Å². The minimum absolute atomic E-state index is 0.221. The van der Waals surface area contributed by atoms with E-state index in [2.05, 4.69) is 25.2 Å². The average molecular weight is 290 g/mol. The molecular weight excluding hydrogens is 274 g/mol. The molecular formula is C14H16ClN5. The summed E-state index contributed by atoms with van der Waals surface area (Å²) in [4.78, 5) is 15.0. The van der Waals surface area contributed by atoms with Gasteiger partial charge in [-0.3, -0.25) is 0 Å². The number of benzene rings is 1. The molecule has 1 aliphatic heterocycles. The number of nitrogens with zero attached hydrogens (tertiary/aromatic N) is 4. The van der Waals surface area contributed by atoms with Crippen LogP contribution in [0.4, 0.5) is 17.6 Å². The monoisotopic (exact) mass is 289 g/mol. The predicted octanol–water partition coefficient (Wildman–Crippen LogP) is 3.26. The number of rotatable bonds is 3. The Morgan fingerprint density at radius 2 is 1.70 bits per heavy atom. The summed E-state index contributed by atoms with van der Waals surface area (Å²) in [6.45, 7) is 1.95. The number of halogens is 1. The van der Waals surface area contributed by atoms with Crippen LogP contribution in [0, 0.1) is 0 Å². The minimum atomic E-state index is 0.221. The van der Waals surface area contributed by atoms with Crippen LogP contribution in [0.15, 0.2) is 30.3 Å². The largest absolute Gasteiger partial charge is 0.341 e. The van der Waals surface area contributed by atoms with Gasteiger partial charge in [-0.25, -0.2) is 0 Å². The van der Waals surface area contributed by atoms with E-state index < -0.39 is 0 Å². The first-order valence-electron chi connectivity index (χ1n) is 6.80. The number of hydrogen-bond acceptors (Lipinski definition) is 5. The molecule has 1 N–H and O–H groups in total. The molecule has 104 valence electrons. The van der Waals surface area contributed by atoms with Crippen molar-refractivity contribution in [3.63, 3.8) is 0 Å². The van der Waals surface area contributed by atoms with Crippen molar-refractivity contribution in [2.24, 2.45) is 0 Å². The fourth-order valence-corrected chi connectivity index (χ4v) is 2.44. The molecule has 1 aliphatic rings. The second-order valence-corrected chi connectivity index (χ2v) is 5.10. The molecule has 1 saturated heterocycles. The smallest absolute Gasteiger partial charge is 0.233 e. The minimum Gasteiger partial charge on any atom is -0.341 e. The first-order chi connectivity index (χ1) is 9.81. The molecule has 0 spiro atoms. The summed E-state index contributed by atoms with van der Waals surface area (Å²) >= 11 is 6.01. The fourth-order valence-electron chi connectivity index (χ4n) is 2.28. The van der Waals surface area contributed by atoms with Crippen LogP contribution in [0.2, 0.25) is 5.28 Å². The Morgan fingerprint density at radius 1 is 0.950 bits per heavy atom. The number of piperidine rings is 1. The summed E-state index contributed by atoms with van der Waals surface area (Å²) in [6, 6.07) is 9.79. The van der Waals surface area contributed by atoms with Crippen molar-refractivity contribution in [3.05, 3.63) is 35.6 Å². The van der Waals surface area contributed by atoms with Crippen LogP contribution in [0.1, 0.15) is 19.3 Å². The van der Waals surface area contributed by atoms with Gasteiger partial charge in [0.15, 0.2) is 0 Å². The van der Waals surface area contributed by atoms with Gasteiger partial charge in [0.05, 0.1) is 0 Å². The van der Waals surface area contributed by atoms with E-state index in [1.54, 1.807) is 0 Å². The number of hydrogen-bond donors (Lipinski definition) is 1. The third-order valence-corrected chi connectivity index (χ3v) is 3.43. The number of aromatic nitrogens is 3. The Balaban J connectivity index is 1.82. The maximum atomic E-state index is 6.01. The van der Waals surface area contributed by atoms with Crippen LogP contribution < -0.4 is 10.2 Å². The third-order valence-electron chi connectivity index (χ3n) is 3.27. The Kier molecular flexibility index (Phi) is 3.97. The Labute approximate surface area is 123 Å². The second kappa shape index (κ2) is 6.05. The Hall–Kier alpha value is -1.88. The summed E-state index contributed by atoms with van der Waals surface area (Å²) < 4.78 is 0. The SMILES string of the molecule is Clc1nc(Nc2ccccc2)nc(N2CCCCC2)n1. The summed E-state index contributed by atoms with van der Waals surface area (Å²) in [5, 5.41) is 3.37. The molecule has 5 nitrogen and oxygen atoms in total. The molecule has 0 atom stereocenters.